The van der Waals surface area contributed by atoms with Crippen LogP contribution >= 0.6 is 0 Å². The molecule has 2 aromatic rings. The van der Waals surface area contributed by atoms with E-state index in [0.717, 1.165) is 24.3 Å². The second-order valence-corrected chi connectivity index (χ2v) is 8.04. The molecule has 0 bridgehead atoms. The van der Waals surface area contributed by atoms with Gasteiger partial charge in [0.2, 0.25) is 11.8 Å². The quantitative estimate of drug-likeness (QED) is 0.584. The minimum Gasteiger partial charge on any atom is -0.326 e. The summed E-state index contributed by atoms with van der Waals surface area (Å²) in [7, 11) is 0. The van der Waals surface area contributed by atoms with Crippen LogP contribution in [0.2, 0.25) is 0 Å². The number of nitrogens with one attached hydrogen (secondary N) is 2. The molecule has 2 aromatic carbocycles. The summed E-state index contributed by atoms with van der Waals surface area (Å²) in [5.74, 6) is -4.55. The van der Waals surface area contributed by atoms with Crippen LogP contribution in [0.15, 0.2) is 36.4 Å². The molecule has 1 unspecified atom stereocenters. The molecule has 1 heterocycles. The Bertz CT molecular complexity index is 1000. The summed E-state index contributed by atoms with van der Waals surface area (Å²) < 4.78 is 52.5. The predicted molar refractivity (Wildman–Crippen MR) is 117 cm³/mol. The summed E-state index contributed by atoms with van der Waals surface area (Å²) in [5, 5.41) is 5.12. The Balaban J connectivity index is 1.37. The molecule has 2 N–H and O–H groups in total. The minimum absolute atomic E-state index is 0.157. The normalized spacial score (nSPS) is 17.1. The molecule has 10 heteroatoms. The summed E-state index contributed by atoms with van der Waals surface area (Å²) >= 11 is 0. The van der Waals surface area contributed by atoms with E-state index in [1.807, 2.05) is 6.92 Å². The smallest absolute Gasteiger partial charge is 0.225 e. The van der Waals surface area contributed by atoms with E-state index >= 15 is 0 Å². The molecule has 0 saturated carbocycles. The molecule has 3 rings (SSSR count). The van der Waals surface area contributed by atoms with Gasteiger partial charge in [-0.15, -0.1) is 0 Å². The molecule has 1 atom stereocenters. The van der Waals surface area contributed by atoms with E-state index in [-0.39, 0.29) is 42.1 Å². The zero-order valence-corrected chi connectivity index (χ0v) is 18.2. The number of hydrogen-bond donors (Lipinski definition) is 2. The highest BCUT2D eigenvalue weighted by molar-refractivity contribution is 5.91. The number of hydrogen-bond acceptors (Lipinski definition) is 4. The fraction of sp³-hybridized carbons (Fsp3) is 0.391. The Morgan fingerprint density at radius 3 is 1.82 bits per heavy atom. The van der Waals surface area contributed by atoms with Gasteiger partial charge in [-0.05, 0) is 31.2 Å². The second kappa shape index (κ2) is 11.2. The van der Waals surface area contributed by atoms with Gasteiger partial charge in [0.15, 0.2) is 23.3 Å². The van der Waals surface area contributed by atoms with Crippen LogP contribution in [0.4, 0.5) is 28.9 Å². The molecule has 1 aliphatic heterocycles. The fourth-order valence-corrected chi connectivity index (χ4v) is 3.71. The summed E-state index contributed by atoms with van der Waals surface area (Å²) in [5.41, 5.74) is 0.414. The highest BCUT2D eigenvalue weighted by atomic mass is 19.2. The molecule has 0 spiro atoms. The Kier molecular flexibility index (Phi) is 8.40. The molecule has 33 heavy (non-hydrogen) atoms. The monoisotopic (exact) mass is 466 g/mol. The maximum atomic E-state index is 13.3. The summed E-state index contributed by atoms with van der Waals surface area (Å²) in [4.78, 5) is 28.5. The standard InChI is InChI=1S/C23H26F4N4O2/c1-15-14-30(8-6-22(32)28-16-2-4-18(24)20(26)12-16)10-11-31(15)9-7-23(33)29-17-3-5-19(25)21(27)13-17/h2-5,12-13,15H,6-11,14H2,1H3,(H,28,32)(H,29,33). The first-order valence-corrected chi connectivity index (χ1v) is 10.7. The molecule has 1 fully saturated rings. The average Bonchev–Trinajstić information content (AvgIpc) is 2.77. The predicted octanol–water partition coefficient (Wildman–Crippen LogP) is 3.61. The van der Waals surface area contributed by atoms with E-state index in [2.05, 4.69) is 20.4 Å². The maximum absolute atomic E-state index is 13.3. The van der Waals surface area contributed by atoms with Gasteiger partial charge in [0.1, 0.15) is 0 Å². The number of halogens is 4. The number of rotatable bonds is 8. The van der Waals surface area contributed by atoms with Crippen LogP contribution in [-0.2, 0) is 9.59 Å². The molecular formula is C23H26F4N4O2. The van der Waals surface area contributed by atoms with Gasteiger partial charge in [0, 0.05) is 75.1 Å². The van der Waals surface area contributed by atoms with Gasteiger partial charge in [0.05, 0.1) is 0 Å². The van der Waals surface area contributed by atoms with Crippen LogP contribution in [-0.4, -0.2) is 60.4 Å². The fourth-order valence-electron chi connectivity index (χ4n) is 3.71. The van der Waals surface area contributed by atoms with Crippen molar-refractivity contribution in [2.24, 2.45) is 0 Å². The lowest BCUT2D eigenvalue weighted by Gasteiger charge is -2.39. The summed E-state index contributed by atoms with van der Waals surface area (Å²) in [6, 6.07) is 6.58. The zero-order chi connectivity index (χ0) is 24.0. The lowest BCUT2D eigenvalue weighted by Crippen LogP contribution is -2.52. The SMILES string of the molecule is CC1CN(CCC(=O)Nc2ccc(F)c(F)c2)CCN1CCC(=O)Nc1ccc(F)c(F)c1. The first-order chi connectivity index (χ1) is 15.7. The van der Waals surface area contributed by atoms with Gasteiger partial charge >= 0.3 is 0 Å². The molecule has 1 saturated heterocycles. The highest BCUT2D eigenvalue weighted by Crippen LogP contribution is 2.16. The number of anilines is 2. The number of benzene rings is 2. The molecular weight excluding hydrogens is 440 g/mol. The van der Waals surface area contributed by atoms with Crippen LogP contribution in [0, 0.1) is 23.3 Å². The van der Waals surface area contributed by atoms with Gasteiger partial charge in [-0.1, -0.05) is 0 Å². The zero-order valence-electron chi connectivity index (χ0n) is 18.2. The third-order valence-corrected chi connectivity index (χ3v) is 5.54. The topological polar surface area (TPSA) is 64.7 Å². The van der Waals surface area contributed by atoms with Crippen LogP contribution in [0.3, 0.4) is 0 Å². The van der Waals surface area contributed by atoms with Crippen molar-refractivity contribution < 1.29 is 27.2 Å². The number of carbonyl (C=O) groups excluding carboxylic acids is 2. The number of piperazine rings is 1. The molecule has 1 aliphatic rings. The number of amides is 2. The van der Waals surface area contributed by atoms with Gasteiger partial charge in [-0.25, -0.2) is 17.6 Å². The van der Waals surface area contributed by atoms with Gasteiger partial charge in [-0.3, -0.25) is 14.5 Å². The molecule has 0 aliphatic carbocycles. The Labute approximate surface area is 189 Å². The van der Waals surface area contributed by atoms with E-state index in [1.54, 1.807) is 0 Å². The van der Waals surface area contributed by atoms with Crippen LogP contribution < -0.4 is 10.6 Å². The highest BCUT2D eigenvalue weighted by Gasteiger charge is 2.24. The lowest BCUT2D eigenvalue weighted by atomic mass is 10.1. The third-order valence-electron chi connectivity index (χ3n) is 5.54. The van der Waals surface area contributed by atoms with Crippen molar-refractivity contribution in [1.29, 1.82) is 0 Å². The summed E-state index contributed by atoms with van der Waals surface area (Å²) in [6.07, 6.45) is 0.419. The van der Waals surface area contributed by atoms with Gasteiger partial charge in [-0.2, -0.15) is 0 Å². The first kappa shape index (κ1) is 24.7. The molecule has 2 amide bonds. The van der Waals surface area contributed by atoms with Crippen LogP contribution in [0.5, 0.6) is 0 Å². The molecule has 0 aromatic heterocycles. The van der Waals surface area contributed by atoms with E-state index in [4.69, 9.17) is 0 Å². The molecule has 178 valence electrons. The van der Waals surface area contributed by atoms with Crippen LogP contribution in [0.25, 0.3) is 0 Å². The van der Waals surface area contributed by atoms with E-state index in [0.29, 0.717) is 32.7 Å². The van der Waals surface area contributed by atoms with Crippen molar-refractivity contribution in [1.82, 2.24) is 9.80 Å². The first-order valence-electron chi connectivity index (χ1n) is 10.7. The van der Waals surface area contributed by atoms with Crippen molar-refractivity contribution >= 4 is 23.2 Å². The van der Waals surface area contributed by atoms with Crippen molar-refractivity contribution in [2.45, 2.75) is 25.8 Å². The largest absolute Gasteiger partial charge is 0.326 e. The summed E-state index contributed by atoms with van der Waals surface area (Å²) in [6.45, 7) is 5.20. The molecule has 6 nitrogen and oxygen atoms in total. The van der Waals surface area contributed by atoms with Gasteiger partial charge in [0.25, 0.3) is 0 Å². The van der Waals surface area contributed by atoms with E-state index < -0.39 is 23.3 Å². The average molecular weight is 466 g/mol. The third kappa shape index (κ3) is 7.26. The van der Waals surface area contributed by atoms with Crippen molar-refractivity contribution in [3.05, 3.63) is 59.7 Å². The Morgan fingerprint density at radius 2 is 1.33 bits per heavy atom. The molecule has 0 radical (unpaired) electrons. The Hall–Kier alpha value is -2.98. The van der Waals surface area contributed by atoms with Crippen molar-refractivity contribution in [2.75, 3.05) is 43.4 Å². The Morgan fingerprint density at radius 1 is 0.818 bits per heavy atom. The van der Waals surface area contributed by atoms with E-state index in [1.165, 1.54) is 12.1 Å². The van der Waals surface area contributed by atoms with Crippen molar-refractivity contribution in [3.63, 3.8) is 0 Å². The van der Waals surface area contributed by atoms with Crippen molar-refractivity contribution in [3.8, 4) is 0 Å². The van der Waals surface area contributed by atoms with E-state index in [9.17, 15) is 27.2 Å². The second-order valence-electron chi connectivity index (χ2n) is 8.04. The minimum atomic E-state index is -1.02. The van der Waals surface area contributed by atoms with Gasteiger partial charge < -0.3 is 15.5 Å². The maximum Gasteiger partial charge on any atom is 0.225 e. The van der Waals surface area contributed by atoms with Crippen LogP contribution in [0.1, 0.15) is 19.8 Å². The number of nitrogens with zero attached hydrogens (tertiary/aromatic N) is 2. The lowest BCUT2D eigenvalue weighted by molar-refractivity contribution is -0.118. The number of carbonyl (C=O) groups is 2.